The molecule has 0 aliphatic carbocycles. The van der Waals surface area contributed by atoms with Gasteiger partial charge in [-0.05, 0) is 0 Å². The number of anilines is 1. The summed E-state index contributed by atoms with van der Waals surface area (Å²) in [5.41, 5.74) is 0.378. The second-order valence-electron chi connectivity index (χ2n) is 4.15. The number of thiazole rings is 1. The minimum Gasteiger partial charge on any atom is -0.477 e. The summed E-state index contributed by atoms with van der Waals surface area (Å²) in [5.74, 6) is -0.885. The summed E-state index contributed by atoms with van der Waals surface area (Å²) in [6.07, 6.45) is 0. The van der Waals surface area contributed by atoms with Crippen LogP contribution in [-0.4, -0.2) is 56.2 Å². The number of aromatic carboxylic acids is 1. The van der Waals surface area contributed by atoms with Gasteiger partial charge in [0, 0.05) is 20.2 Å². The van der Waals surface area contributed by atoms with Gasteiger partial charge in [-0.25, -0.2) is 18.2 Å². The Morgan fingerprint density at radius 1 is 1.47 bits per heavy atom. The highest BCUT2D eigenvalue weighted by molar-refractivity contribution is 7.91. The first-order valence-corrected chi connectivity index (χ1v) is 8.24. The summed E-state index contributed by atoms with van der Waals surface area (Å²) < 4.78 is 27.6. The van der Waals surface area contributed by atoms with Crippen molar-refractivity contribution >= 4 is 32.3 Å². The molecule has 1 aliphatic rings. The van der Waals surface area contributed by atoms with E-state index in [0.717, 1.165) is 11.3 Å². The lowest BCUT2D eigenvalue weighted by molar-refractivity contribution is 0.0697. The molecule has 9 heteroatoms. The molecule has 1 aromatic rings. The fourth-order valence-electron chi connectivity index (χ4n) is 1.78. The molecule has 1 fully saturated rings. The largest absolute Gasteiger partial charge is 0.477 e. The van der Waals surface area contributed by atoms with E-state index in [9.17, 15) is 13.2 Å². The third kappa shape index (κ3) is 3.23. The average Bonchev–Trinajstić information content (AvgIpc) is 2.73. The van der Waals surface area contributed by atoms with Crippen molar-refractivity contribution in [3.63, 3.8) is 0 Å². The molecule has 106 valence electrons. The molecule has 0 bridgehead atoms. The number of nitrogens with zero attached hydrogens (tertiary/aromatic N) is 2. The van der Waals surface area contributed by atoms with E-state index in [0.29, 0.717) is 23.9 Å². The molecule has 0 amide bonds. The molecule has 1 saturated heterocycles. The summed E-state index contributed by atoms with van der Waals surface area (Å²) >= 11 is 1.05. The second-order valence-corrected chi connectivity index (χ2v) is 7.43. The molecular formula is C10H14N2O5S2. The normalized spacial score (nSPS) is 18.5. The first-order chi connectivity index (χ1) is 8.93. The zero-order valence-corrected chi connectivity index (χ0v) is 12.0. The van der Waals surface area contributed by atoms with E-state index in [-0.39, 0.29) is 23.0 Å². The number of sulfone groups is 1. The molecule has 1 aromatic heterocycles. The van der Waals surface area contributed by atoms with Crippen molar-refractivity contribution in [3.05, 3.63) is 10.6 Å². The van der Waals surface area contributed by atoms with E-state index in [1.807, 2.05) is 0 Å². The lowest BCUT2D eigenvalue weighted by Crippen LogP contribution is -2.40. The highest BCUT2D eigenvalue weighted by Crippen LogP contribution is 2.28. The standard InChI is InChI=1S/C10H14N2O5S2/c1-17-6-7-8(9(13)14)18-10(11-7)12-2-4-19(15,16)5-3-12/h2-6H2,1H3,(H,13,14). The van der Waals surface area contributed by atoms with Crippen LogP contribution in [0.5, 0.6) is 0 Å². The Morgan fingerprint density at radius 2 is 2.11 bits per heavy atom. The van der Waals surface area contributed by atoms with Gasteiger partial charge in [-0.1, -0.05) is 11.3 Å². The Labute approximate surface area is 114 Å². The summed E-state index contributed by atoms with van der Waals surface area (Å²) in [6.45, 7) is 0.826. The second kappa shape index (κ2) is 5.43. The molecular weight excluding hydrogens is 292 g/mol. The van der Waals surface area contributed by atoms with Crippen LogP contribution >= 0.6 is 11.3 Å². The fraction of sp³-hybridized carbons (Fsp3) is 0.600. The number of carboxylic acids is 1. The van der Waals surface area contributed by atoms with Gasteiger partial charge in [-0.2, -0.15) is 0 Å². The van der Waals surface area contributed by atoms with Crippen LogP contribution in [0.1, 0.15) is 15.4 Å². The van der Waals surface area contributed by atoms with Crippen LogP contribution in [0.3, 0.4) is 0 Å². The number of ether oxygens (including phenoxy) is 1. The van der Waals surface area contributed by atoms with Gasteiger partial charge >= 0.3 is 5.97 Å². The molecule has 0 spiro atoms. The molecule has 2 rings (SSSR count). The predicted octanol–water partition coefficient (Wildman–Crippen LogP) is 0.223. The average molecular weight is 306 g/mol. The summed E-state index contributed by atoms with van der Waals surface area (Å²) in [7, 11) is -1.49. The van der Waals surface area contributed by atoms with Crippen LogP contribution in [0.15, 0.2) is 0 Å². The van der Waals surface area contributed by atoms with Crippen molar-refractivity contribution in [1.82, 2.24) is 4.98 Å². The van der Waals surface area contributed by atoms with Crippen LogP contribution in [0.4, 0.5) is 5.13 Å². The van der Waals surface area contributed by atoms with Crippen LogP contribution in [0.2, 0.25) is 0 Å². The van der Waals surface area contributed by atoms with E-state index < -0.39 is 15.8 Å². The Morgan fingerprint density at radius 3 is 2.63 bits per heavy atom. The van der Waals surface area contributed by atoms with Crippen molar-refractivity contribution in [3.8, 4) is 0 Å². The lowest BCUT2D eigenvalue weighted by atomic mass is 10.4. The minimum absolute atomic E-state index is 0.0780. The zero-order chi connectivity index (χ0) is 14.0. The van der Waals surface area contributed by atoms with Crippen molar-refractivity contribution in [1.29, 1.82) is 0 Å². The molecule has 0 unspecified atom stereocenters. The molecule has 1 aliphatic heterocycles. The topological polar surface area (TPSA) is 96.8 Å². The Bertz CT molecular complexity index is 567. The molecule has 0 aromatic carbocycles. The van der Waals surface area contributed by atoms with Gasteiger partial charge < -0.3 is 14.7 Å². The van der Waals surface area contributed by atoms with Crippen molar-refractivity contribution in [2.24, 2.45) is 0 Å². The van der Waals surface area contributed by atoms with Crippen molar-refractivity contribution < 1.29 is 23.1 Å². The first-order valence-electron chi connectivity index (χ1n) is 5.60. The molecule has 7 nitrogen and oxygen atoms in total. The molecule has 1 N–H and O–H groups in total. The Balaban J connectivity index is 2.21. The number of hydrogen-bond acceptors (Lipinski definition) is 7. The van der Waals surface area contributed by atoms with E-state index in [4.69, 9.17) is 9.84 Å². The minimum atomic E-state index is -2.96. The van der Waals surface area contributed by atoms with Crippen LogP contribution in [-0.2, 0) is 21.2 Å². The number of methoxy groups -OCH3 is 1. The summed E-state index contributed by atoms with van der Waals surface area (Å²) in [6, 6.07) is 0. The SMILES string of the molecule is COCc1nc(N2CCS(=O)(=O)CC2)sc1C(=O)O. The highest BCUT2D eigenvalue weighted by atomic mass is 32.2. The van der Waals surface area contributed by atoms with Crippen molar-refractivity contribution in [2.45, 2.75) is 6.61 Å². The zero-order valence-electron chi connectivity index (χ0n) is 10.3. The Kier molecular flexibility index (Phi) is 4.07. The van der Waals surface area contributed by atoms with Crippen LogP contribution in [0, 0.1) is 0 Å². The van der Waals surface area contributed by atoms with E-state index in [1.165, 1.54) is 7.11 Å². The lowest BCUT2D eigenvalue weighted by Gasteiger charge is -2.25. The van der Waals surface area contributed by atoms with Gasteiger partial charge in [-0.3, -0.25) is 0 Å². The maximum absolute atomic E-state index is 11.4. The number of carboxylic acid groups (broad SMARTS) is 1. The molecule has 19 heavy (non-hydrogen) atoms. The fourth-order valence-corrected chi connectivity index (χ4v) is 3.94. The van der Waals surface area contributed by atoms with Gasteiger partial charge in [0.05, 0.1) is 23.8 Å². The summed E-state index contributed by atoms with van der Waals surface area (Å²) in [4.78, 5) is 17.3. The van der Waals surface area contributed by atoms with Gasteiger partial charge in [0.1, 0.15) is 4.88 Å². The van der Waals surface area contributed by atoms with Gasteiger partial charge in [0.15, 0.2) is 15.0 Å². The number of carbonyl (C=O) groups is 1. The molecule has 0 saturated carbocycles. The Hall–Kier alpha value is -1.19. The van der Waals surface area contributed by atoms with E-state index in [2.05, 4.69) is 4.98 Å². The first kappa shape index (κ1) is 14.2. The van der Waals surface area contributed by atoms with Crippen LogP contribution < -0.4 is 4.90 Å². The number of rotatable bonds is 4. The molecule has 0 atom stereocenters. The monoisotopic (exact) mass is 306 g/mol. The van der Waals surface area contributed by atoms with Gasteiger partial charge in [0.2, 0.25) is 0 Å². The van der Waals surface area contributed by atoms with Crippen molar-refractivity contribution in [2.75, 3.05) is 36.6 Å². The van der Waals surface area contributed by atoms with Gasteiger partial charge in [-0.15, -0.1) is 0 Å². The van der Waals surface area contributed by atoms with Crippen LogP contribution in [0.25, 0.3) is 0 Å². The van der Waals surface area contributed by atoms with E-state index in [1.54, 1.807) is 4.90 Å². The van der Waals surface area contributed by atoms with E-state index >= 15 is 0 Å². The number of hydrogen-bond donors (Lipinski definition) is 1. The molecule has 2 heterocycles. The summed E-state index contributed by atoms with van der Waals surface area (Å²) in [5, 5.41) is 9.63. The maximum Gasteiger partial charge on any atom is 0.347 e. The third-order valence-electron chi connectivity index (χ3n) is 2.78. The molecule has 0 radical (unpaired) electrons. The van der Waals surface area contributed by atoms with Gasteiger partial charge in [0.25, 0.3) is 0 Å². The predicted molar refractivity (Wildman–Crippen MR) is 70.7 cm³/mol. The smallest absolute Gasteiger partial charge is 0.347 e. The highest BCUT2D eigenvalue weighted by Gasteiger charge is 2.26. The maximum atomic E-state index is 11.4. The quantitative estimate of drug-likeness (QED) is 0.850. The third-order valence-corrected chi connectivity index (χ3v) is 5.53. The number of aromatic nitrogens is 1.